The van der Waals surface area contributed by atoms with E-state index in [1.54, 1.807) is 6.92 Å². The monoisotopic (exact) mass is 155 g/mol. The molecule has 2 N–H and O–H groups in total. The first-order valence-electron chi connectivity index (χ1n) is 3.79. The molecule has 0 aromatic carbocycles. The van der Waals surface area contributed by atoms with Crippen LogP contribution in [0.25, 0.3) is 0 Å². The number of nitrogens with two attached hydrogens (primary N) is 1. The lowest BCUT2D eigenvalue weighted by Gasteiger charge is -2.01. The number of nitrogens with zero attached hydrogens (tertiary/aromatic N) is 2. The minimum absolute atomic E-state index is 0.0961. The summed E-state index contributed by atoms with van der Waals surface area (Å²) >= 11 is 0. The van der Waals surface area contributed by atoms with E-state index in [9.17, 15) is 0 Å². The van der Waals surface area contributed by atoms with Gasteiger partial charge in [-0.05, 0) is 13.3 Å². The van der Waals surface area contributed by atoms with Gasteiger partial charge in [0.05, 0.1) is 6.04 Å². The zero-order chi connectivity index (χ0) is 8.27. The number of hydrogen-bond acceptors (Lipinski definition) is 4. The number of rotatable bonds is 3. The molecule has 0 aliphatic heterocycles. The van der Waals surface area contributed by atoms with Crippen LogP contribution < -0.4 is 5.73 Å². The van der Waals surface area contributed by atoms with Gasteiger partial charge in [0.25, 0.3) is 0 Å². The standard InChI is InChI=1S/C7H13N3O/c1-3-4-6(8)7-9-5(2)10-11-7/h6H,3-4,8H2,1-2H3/t6-/m1/s1. The lowest BCUT2D eigenvalue weighted by molar-refractivity contribution is 0.345. The fourth-order valence-corrected chi connectivity index (χ4v) is 0.898. The molecule has 0 radical (unpaired) electrons. The minimum Gasteiger partial charge on any atom is -0.338 e. The maximum absolute atomic E-state index is 5.72. The Labute approximate surface area is 65.8 Å². The highest BCUT2D eigenvalue weighted by atomic mass is 16.5. The maximum Gasteiger partial charge on any atom is 0.243 e. The van der Waals surface area contributed by atoms with Crippen LogP contribution in [-0.2, 0) is 0 Å². The van der Waals surface area contributed by atoms with Crippen molar-refractivity contribution in [3.8, 4) is 0 Å². The molecule has 0 aliphatic carbocycles. The average molecular weight is 155 g/mol. The zero-order valence-corrected chi connectivity index (χ0v) is 6.87. The highest BCUT2D eigenvalue weighted by Crippen LogP contribution is 2.12. The predicted molar refractivity (Wildman–Crippen MR) is 40.9 cm³/mol. The minimum atomic E-state index is -0.0961. The largest absolute Gasteiger partial charge is 0.338 e. The number of aromatic nitrogens is 2. The Hall–Kier alpha value is -0.900. The van der Waals surface area contributed by atoms with Crippen LogP contribution in [0.3, 0.4) is 0 Å². The predicted octanol–water partition coefficient (Wildman–Crippen LogP) is 1.18. The van der Waals surface area contributed by atoms with Crippen LogP contribution in [0.1, 0.15) is 37.5 Å². The molecule has 0 spiro atoms. The van der Waals surface area contributed by atoms with Crippen LogP contribution in [0, 0.1) is 6.92 Å². The molecule has 11 heavy (non-hydrogen) atoms. The third-order valence-corrected chi connectivity index (χ3v) is 1.46. The second-order valence-electron chi connectivity index (χ2n) is 2.57. The number of hydrogen-bond donors (Lipinski definition) is 1. The van der Waals surface area contributed by atoms with Crippen molar-refractivity contribution in [3.05, 3.63) is 11.7 Å². The van der Waals surface area contributed by atoms with E-state index in [0.29, 0.717) is 11.7 Å². The first-order chi connectivity index (χ1) is 5.24. The van der Waals surface area contributed by atoms with Gasteiger partial charge in [0.15, 0.2) is 5.82 Å². The summed E-state index contributed by atoms with van der Waals surface area (Å²) in [5.74, 6) is 1.19. The van der Waals surface area contributed by atoms with Gasteiger partial charge in [0, 0.05) is 0 Å². The quantitative estimate of drug-likeness (QED) is 0.711. The van der Waals surface area contributed by atoms with Gasteiger partial charge in [-0.1, -0.05) is 18.5 Å². The molecular weight excluding hydrogens is 142 g/mol. The molecule has 0 bridgehead atoms. The topological polar surface area (TPSA) is 64.9 Å². The maximum atomic E-state index is 5.72. The summed E-state index contributed by atoms with van der Waals surface area (Å²) < 4.78 is 4.89. The SMILES string of the molecule is CCC[C@@H](N)c1nc(C)no1. The second-order valence-corrected chi connectivity index (χ2v) is 2.57. The molecule has 4 nitrogen and oxygen atoms in total. The first kappa shape index (κ1) is 8.20. The Morgan fingerprint density at radius 2 is 2.36 bits per heavy atom. The van der Waals surface area contributed by atoms with Crippen molar-refractivity contribution in [2.45, 2.75) is 32.7 Å². The van der Waals surface area contributed by atoms with E-state index in [1.165, 1.54) is 0 Å². The van der Waals surface area contributed by atoms with Gasteiger partial charge in [-0.3, -0.25) is 0 Å². The molecule has 0 amide bonds. The lowest BCUT2D eigenvalue weighted by Crippen LogP contribution is -2.09. The first-order valence-corrected chi connectivity index (χ1v) is 3.79. The fraction of sp³-hybridized carbons (Fsp3) is 0.714. The van der Waals surface area contributed by atoms with Crippen LogP contribution in [0.5, 0.6) is 0 Å². The Balaban J connectivity index is 2.60. The van der Waals surface area contributed by atoms with Gasteiger partial charge in [0.1, 0.15) is 0 Å². The summed E-state index contributed by atoms with van der Waals surface area (Å²) in [6.07, 6.45) is 1.92. The van der Waals surface area contributed by atoms with E-state index in [2.05, 4.69) is 17.1 Å². The van der Waals surface area contributed by atoms with Crippen LogP contribution in [-0.4, -0.2) is 10.1 Å². The van der Waals surface area contributed by atoms with E-state index in [0.717, 1.165) is 12.8 Å². The molecule has 1 atom stereocenters. The Morgan fingerprint density at radius 3 is 2.82 bits per heavy atom. The summed E-state index contributed by atoms with van der Waals surface area (Å²) in [6, 6.07) is -0.0961. The van der Waals surface area contributed by atoms with Crippen LogP contribution >= 0.6 is 0 Å². The molecule has 0 saturated heterocycles. The van der Waals surface area contributed by atoms with E-state index < -0.39 is 0 Å². The van der Waals surface area contributed by atoms with E-state index in [-0.39, 0.29) is 6.04 Å². The highest BCUT2D eigenvalue weighted by Gasteiger charge is 2.11. The van der Waals surface area contributed by atoms with E-state index in [1.807, 2.05) is 0 Å². The van der Waals surface area contributed by atoms with E-state index >= 15 is 0 Å². The van der Waals surface area contributed by atoms with Crippen LogP contribution in [0.4, 0.5) is 0 Å². The molecule has 1 rings (SSSR count). The lowest BCUT2D eigenvalue weighted by atomic mass is 10.2. The van der Waals surface area contributed by atoms with Crippen molar-refractivity contribution in [1.82, 2.24) is 10.1 Å². The van der Waals surface area contributed by atoms with Crippen molar-refractivity contribution >= 4 is 0 Å². The van der Waals surface area contributed by atoms with Gasteiger partial charge in [-0.15, -0.1) is 0 Å². The molecule has 1 heterocycles. The number of aryl methyl sites for hydroxylation is 1. The summed E-state index contributed by atoms with van der Waals surface area (Å²) in [5.41, 5.74) is 5.72. The molecule has 0 fully saturated rings. The van der Waals surface area contributed by atoms with Gasteiger partial charge >= 0.3 is 0 Å². The molecule has 4 heteroatoms. The Kier molecular flexibility index (Phi) is 2.59. The molecular formula is C7H13N3O. The highest BCUT2D eigenvalue weighted by molar-refractivity contribution is 4.89. The molecule has 62 valence electrons. The summed E-state index contributed by atoms with van der Waals surface area (Å²) in [7, 11) is 0. The normalized spacial score (nSPS) is 13.4. The smallest absolute Gasteiger partial charge is 0.243 e. The van der Waals surface area contributed by atoms with Gasteiger partial charge in [-0.25, -0.2) is 0 Å². The molecule has 0 unspecified atom stereocenters. The van der Waals surface area contributed by atoms with Crippen molar-refractivity contribution in [2.24, 2.45) is 5.73 Å². The molecule has 1 aromatic rings. The Morgan fingerprint density at radius 1 is 1.64 bits per heavy atom. The molecule has 0 aliphatic rings. The summed E-state index contributed by atoms with van der Waals surface area (Å²) in [5, 5.41) is 3.65. The van der Waals surface area contributed by atoms with E-state index in [4.69, 9.17) is 10.3 Å². The third-order valence-electron chi connectivity index (χ3n) is 1.46. The molecule has 0 saturated carbocycles. The zero-order valence-electron chi connectivity index (χ0n) is 6.87. The second kappa shape index (κ2) is 3.48. The van der Waals surface area contributed by atoms with Crippen molar-refractivity contribution in [2.75, 3.05) is 0 Å². The third kappa shape index (κ3) is 2.01. The fourth-order valence-electron chi connectivity index (χ4n) is 0.898. The Bertz CT molecular complexity index is 221. The van der Waals surface area contributed by atoms with Crippen LogP contribution in [0.15, 0.2) is 4.52 Å². The van der Waals surface area contributed by atoms with Gasteiger partial charge < -0.3 is 10.3 Å². The molecule has 1 aromatic heterocycles. The summed E-state index contributed by atoms with van der Waals surface area (Å²) in [6.45, 7) is 3.86. The van der Waals surface area contributed by atoms with Crippen molar-refractivity contribution < 1.29 is 4.52 Å². The summed E-state index contributed by atoms with van der Waals surface area (Å²) in [4.78, 5) is 4.03. The van der Waals surface area contributed by atoms with Crippen molar-refractivity contribution in [3.63, 3.8) is 0 Å². The van der Waals surface area contributed by atoms with Crippen LogP contribution in [0.2, 0.25) is 0 Å². The van der Waals surface area contributed by atoms with Gasteiger partial charge in [0.2, 0.25) is 5.89 Å². The van der Waals surface area contributed by atoms with Gasteiger partial charge in [-0.2, -0.15) is 4.98 Å². The van der Waals surface area contributed by atoms with Crippen molar-refractivity contribution in [1.29, 1.82) is 0 Å². The average Bonchev–Trinajstić information content (AvgIpc) is 2.36.